The van der Waals surface area contributed by atoms with Crippen LogP contribution in [0.3, 0.4) is 0 Å². The summed E-state index contributed by atoms with van der Waals surface area (Å²) in [5.74, 6) is 0. The summed E-state index contributed by atoms with van der Waals surface area (Å²) < 4.78 is 119. The molecule has 1 heteroatoms. The summed E-state index contributed by atoms with van der Waals surface area (Å²) in [5.41, 5.74) is 3.49. The molecule has 0 aliphatic rings. The second-order valence-corrected chi connectivity index (χ2v) is 9.49. The highest BCUT2D eigenvalue weighted by Gasteiger charge is 2.16. The van der Waals surface area contributed by atoms with Crippen LogP contribution in [0.15, 0.2) is 150 Å². The monoisotopic (exact) mass is 523 g/mol. The van der Waals surface area contributed by atoms with Gasteiger partial charge in [-0.2, -0.15) is 0 Å². The van der Waals surface area contributed by atoms with Crippen molar-refractivity contribution in [2.75, 3.05) is 0 Å². The molecule has 0 spiro atoms. The van der Waals surface area contributed by atoms with Gasteiger partial charge in [-0.15, -0.1) is 0 Å². The summed E-state index contributed by atoms with van der Waals surface area (Å²) in [6.45, 7) is 0. The lowest BCUT2D eigenvalue weighted by Gasteiger charge is -2.18. The van der Waals surface area contributed by atoms with E-state index < -0.39 is 85.0 Å². The van der Waals surface area contributed by atoms with E-state index in [0.717, 1.165) is 27.5 Å². The van der Waals surface area contributed by atoms with Crippen LogP contribution in [0.5, 0.6) is 0 Å². The first-order valence-corrected chi connectivity index (χ1v) is 12.8. The van der Waals surface area contributed by atoms with Crippen molar-refractivity contribution >= 4 is 43.5 Å². The molecular formula is C39H26O. The zero-order chi connectivity index (χ0) is 37.8. The number of fused-ring (bicyclic) bond motifs is 5. The van der Waals surface area contributed by atoms with Crippen molar-refractivity contribution in [3.63, 3.8) is 0 Å². The number of benzene rings is 7. The van der Waals surface area contributed by atoms with Gasteiger partial charge in [0.15, 0.2) is 0 Å². The Hall–Kier alpha value is -5.14. The number of hydrogen-bond acceptors (Lipinski definition) is 1. The van der Waals surface area contributed by atoms with Gasteiger partial charge in [0.1, 0.15) is 11.2 Å². The molecule has 0 saturated heterocycles. The SMILES string of the molecule is [2H]c1c([2H])c([2H])c(Cc2c3c([2H])c([2H])c([2H])c([2H])c3c(-c3ccc(-c4cccc5oc6ccccc6c45)cc3)c3c([2H])c([2H])c([2H])c([2H])c23)c([2H])c1[2H]. The van der Waals surface area contributed by atoms with E-state index in [-0.39, 0.29) is 38.2 Å². The van der Waals surface area contributed by atoms with E-state index in [4.69, 9.17) is 22.2 Å². The van der Waals surface area contributed by atoms with Crippen LogP contribution in [0.1, 0.15) is 28.9 Å². The highest BCUT2D eigenvalue weighted by atomic mass is 16.3. The Kier molecular flexibility index (Phi) is 3.07. The van der Waals surface area contributed by atoms with Crippen molar-refractivity contribution in [1.29, 1.82) is 0 Å². The smallest absolute Gasteiger partial charge is 0.136 e. The van der Waals surface area contributed by atoms with Crippen molar-refractivity contribution < 1.29 is 22.2 Å². The molecule has 0 atom stereocenters. The van der Waals surface area contributed by atoms with Gasteiger partial charge in [-0.05, 0) is 73.5 Å². The third-order valence-corrected chi connectivity index (χ3v) is 7.27. The second kappa shape index (κ2) is 9.25. The summed E-state index contributed by atoms with van der Waals surface area (Å²) >= 11 is 0. The Morgan fingerprint density at radius 3 is 1.82 bits per heavy atom. The van der Waals surface area contributed by atoms with E-state index in [1.165, 1.54) is 0 Å². The van der Waals surface area contributed by atoms with E-state index in [9.17, 15) is 0 Å². The Morgan fingerprint density at radius 1 is 0.500 bits per heavy atom. The molecule has 1 heterocycles. The standard InChI is InChI=1S/C39H26O/c1-2-11-26(12-3-1)25-35-30-13-4-6-15-32(30)38(33-16-7-5-14-31(33)35)28-23-21-27(22-24-28)29-18-10-20-37-39(29)34-17-8-9-19-36(34)40-37/h1-24H,25H2/i1D,2D,3D,4D,5D,6D,7D,11D,12D,13D,14D,15D,16D. The minimum Gasteiger partial charge on any atom is -0.456 e. The van der Waals surface area contributed by atoms with E-state index in [1.54, 1.807) is 12.1 Å². The molecule has 1 nitrogen and oxygen atoms in total. The topological polar surface area (TPSA) is 13.1 Å². The van der Waals surface area contributed by atoms with Crippen molar-refractivity contribution in [2.45, 2.75) is 6.42 Å². The molecule has 188 valence electrons. The zero-order valence-corrected chi connectivity index (χ0v) is 21.0. The van der Waals surface area contributed by atoms with Gasteiger partial charge in [-0.25, -0.2) is 0 Å². The average molecular weight is 524 g/mol. The van der Waals surface area contributed by atoms with Gasteiger partial charge in [0.25, 0.3) is 0 Å². The van der Waals surface area contributed by atoms with Crippen LogP contribution in [0.2, 0.25) is 0 Å². The Bertz CT molecular complexity index is 2790. The highest BCUT2D eigenvalue weighted by molar-refractivity contribution is 6.16. The van der Waals surface area contributed by atoms with E-state index in [0.29, 0.717) is 11.1 Å². The first-order chi connectivity index (χ1) is 25.2. The fourth-order valence-corrected chi connectivity index (χ4v) is 5.54. The third-order valence-electron chi connectivity index (χ3n) is 7.27. The van der Waals surface area contributed by atoms with E-state index in [1.807, 2.05) is 54.6 Å². The minimum atomic E-state index is -0.613. The predicted molar refractivity (Wildman–Crippen MR) is 169 cm³/mol. The molecule has 0 N–H and O–H groups in total. The maximum absolute atomic E-state index is 9.14. The maximum atomic E-state index is 9.14. The summed E-state index contributed by atoms with van der Waals surface area (Å²) in [6, 6.07) is 13.5. The van der Waals surface area contributed by atoms with Crippen molar-refractivity contribution in [3.8, 4) is 22.3 Å². The van der Waals surface area contributed by atoms with Gasteiger partial charge in [0.2, 0.25) is 0 Å². The van der Waals surface area contributed by atoms with E-state index >= 15 is 0 Å². The molecule has 0 saturated carbocycles. The molecule has 40 heavy (non-hydrogen) atoms. The average Bonchev–Trinajstić information content (AvgIpc) is 3.56. The van der Waals surface area contributed by atoms with Gasteiger partial charge in [-0.3, -0.25) is 0 Å². The van der Waals surface area contributed by atoms with Crippen LogP contribution in [0.25, 0.3) is 65.7 Å². The van der Waals surface area contributed by atoms with Gasteiger partial charge in [0, 0.05) is 10.8 Å². The molecule has 0 aliphatic carbocycles. The first kappa shape index (κ1) is 13.3. The molecule has 0 aliphatic heterocycles. The van der Waals surface area contributed by atoms with Crippen molar-refractivity contribution in [1.82, 2.24) is 0 Å². The lowest BCUT2D eigenvalue weighted by Crippen LogP contribution is -1.95. The molecule has 8 aromatic rings. The first-order valence-electron chi connectivity index (χ1n) is 19.3. The van der Waals surface area contributed by atoms with Gasteiger partial charge < -0.3 is 4.42 Å². The predicted octanol–water partition coefficient (Wildman–Crippen LogP) is 10.8. The highest BCUT2D eigenvalue weighted by Crippen LogP contribution is 2.42. The minimum absolute atomic E-state index is 0.00795. The number of para-hydroxylation sites is 1. The molecule has 1 aromatic heterocycles. The maximum Gasteiger partial charge on any atom is 0.136 e. The summed E-state index contributed by atoms with van der Waals surface area (Å²) in [4.78, 5) is 0. The van der Waals surface area contributed by atoms with E-state index in [2.05, 4.69) is 0 Å². The molecule has 0 amide bonds. The van der Waals surface area contributed by atoms with Crippen LogP contribution in [-0.4, -0.2) is 0 Å². The van der Waals surface area contributed by atoms with Crippen molar-refractivity contribution in [2.24, 2.45) is 0 Å². The number of rotatable bonds is 4. The van der Waals surface area contributed by atoms with Crippen LogP contribution < -0.4 is 0 Å². The zero-order valence-electron chi connectivity index (χ0n) is 34.0. The Morgan fingerprint density at radius 2 is 1.10 bits per heavy atom. The molecule has 7 aromatic carbocycles. The third kappa shape index (κ3) is 3.63. The molecule has 0 unspecified atom stereocenters. The molecule has 0 fully saturated rings. The fourth-order valence-electron chi connectivity index (χ4n) is 5.54. The number of hydrogen-bond donors (Lipinski definition) is 0. The molecular weight excluding hydrogens is 484 g/mol. The molecule has 8 rings (SSSR count). The lowest BCUT2D eigenvalue weighted by atomic mass is 9.86. The quantitative estimate of drug-likeness (QED) is 0.209. The number of furan rings is 1. The summed E-state index contributed by atoms with van der Waals surface area (Å²) in [6.07, 6.45) is -0.477. The Labute approximate surface area is 251 Å². The largest absolute Gasteiger partial charge is 0.456 e. The normalized spacial score (nSPS) is 16.1. The van der Waals surface area contributed by atoms with Gasteiger partial charge >= 0.3 is 0 Å². The van der Waals surface area contributed by atoms with Crippen LogP contribution in [0.4, 0.5) is 0 Å². The van der Waals surface area contributed by atoms with Crippen LogP contribution >= 0.6 is 0 Å². The molecule has 0 radical (unpaired) electrons. The summed E-state index contributed by atoms with van der Waals surface area (Å²) in [7, 11) is 0. The lowest BCUT2D eigenvalue weighted by molar-refractivity contribution is 0.669. The second-order valence-electron chi connectivity index (χ2n) is 9.49. The molecule has 0 bridgehead atoms. The fraction of sp³-hybridized carbons (Fsp3) is 0.0256. The van der Waals surface area contributed by atoms with Gasteiger partial charge in [0.05, 0.1) is 17.8 Å². The van der Waals surface area contributed by atoms with Crippen LogP contribution in [0, 0.1) is 0 Å². The Balaban J connectivity index is 1.49. The van der Waals surface area contributed by atoms with Gasteiger partial charge in [-0.1, -0.05) is 133 Å². The van der Waals surface area contributed by atoms with Crippen LogP contribution in [-0.2, 0) is 6.42 Å². The van der Waals surface area contributed by atoms with Crippen molar-refractivity contribution in [3.05, 3.63) is 156 Å². The summed E-state index contributed by atoms with van der Waals surface area (Å²) in [5, 5.41) is 1.65.